The first-order chi connectivity index (χ1) is 9.54. The van der Waals surface area contributed by atoms with Gasteiger partial charge in [-0.1, -0.05) is 12.7 Å². The molecule has 1 aromatic rings. The summed E-state index contributed by atoms with van der Waals surface area (Å²) in [5, 5.41) is 9.10. The van der Waals surface area contributed by atoms with Crippen molar-refractivity contribution in [3.8, 4) is 0 Å². The molecule has 0 saturated heterocycles. The lowest BCUT2D eigenvalue weighted by Crippen LogP contribution is -2.37. The molecule has 1 N–H and O–H groups in total. The molecule has 6 heteroatoms. The average Bonchev–Trinajstić information content (AvgIpc) is 2.43. The summed E-state index contributed by atoms with van der Waals surface area (Å²) in [7, 11) is 0. The number of carbonyl (C=O) groups excluding carboxylic acids is 1. The van der Waals surface area contributed by atoms with Crippen molar-refractivity contribution >= 4 is 17.9 Å². The highest BCUT2D eigenvalue weighted by Gasteiger charge is 2.26. The Morgan fingerprint density at radius 3 is 3.00 bits per heavy atom. The summed E-state index contributed by atoms with van der Waals surface area (Å²) in [6.45, 7) is 5.76. The number of hydrogen-bond acceptors (Lipinski definition) is 4. The lowest BCUT2D eigenvalue weighted by Gasteiger charge is -2.28. The van der Waals surface area contributed by atoms with E-state index in [-0.39, 0.29) is 12.2 Å². The molecule has 0 spiro atoms. The van der Waals surface area contributed by atoms with Gasteiger partial charge in [0, 0.05) is 6.54 Å². The van der Waals surface area contributed by atoms with Crippen LogP contribution in [0.2, 0.25) is 0 Å². The Bertz CT molecular complexity index is 569. The van der Waals surface area contributed by atoms with E-state index in [1.54, 1.807) is 13.0 Å². The molecule has 106 valence electrons. The Hall–Kier alpha value is -2.37. The lowest BCUT2D eigenvalue weighted by atomic mass is 10.0. The van der Waals surface area contributed by atoms with Gasteiger partial charge in [-0.05, 0) is 31.4 Å². The smallest absolute Gasteiger partial charge is 0.415 e. The zero-order valence-corrected chi connectivity index (χ0v) is 11.3. The van der Waals surface area contributed by atoms with Crippen molar-refractivity contribution in [1.29, 1.82) is 0 Å². The Morgan fingerprint density at radius 2 is 2.35 bits per heavy atom. The van der Waals surface area contributed by atoms with E-state index in [1.807, 2.05) is 0 Å². The summed E-state index contributed by atoms with van der Waals surface area (Å²) >= 11 is 0. The molecule has 0 aliphatic carbocycles. The van der Waals surface area contributed by atoms with Crippen LogP contribution >= 0.6 is 0 Å². The number of anilines is 1. The molecule has 1 amide bonds. The first-order valence-corrected chi connectivity index (χ1v) is 6.33. The number of hydrogen-bond donors (Lipinski definition) is 1. The highest BCUT2D eigenvalue weighted by atomic mass is 16.6. The zero-order valence-electron chi connectivity index (χ0n) is 11.3. The molecule has 20 heavy (non-hydrogen) atoms. The maximum Gasteiger partial charge on any atom is 0.415 e. The molecule has 1 aliphatic rings. The molecule has 1 aromatic heterocycles. The van der Waals surface area contributed by atoms with E-state index in [0.29, 0.717) is 24.5 Å². The number of aryl methyl sites for hydroxylation is 2. The number of fused-ring (bicyclic) bond motifs is 1. The van der Waals surface area contributed by atoms with Crippen molar-refractivity contribution in [3.63, 3.8) is 0 Å². The van der Waals surface area contributed by atoms with Crippen molar-refractivity contribution in [2.45, 2.75) is 19.8 Å². The highest BCUT2D eigenvalue weighted by Crippen LogP contribution is 2.27. The third-order valence-corrected chi connectivity index (χ3v) is 3.13. The van der Waals surface area contributed by atoms with E-state index in [1.165, 1.54) is 11.0 Å². The fourth-order valence-corrected chi connectivity index (χ4v) is 2.19. The molecule has 0 radical (unpaired) electrons. The number of carboxylic acid groups (broad SMARTS) is 1. The second-order valence-corrected chi connectivity index (χ2v) is 4.53. The largest absolute Gasteiger partial charge is 0.478 e. The summed E-state index contributed by atoms with van der Waals surface area (Å²) in [6, 6.07) is 1.59. The molecular weight excluding hydrogens is 260 g/mol. The zero-order chi connectivity index (χ0) is 14.7. The third kappa shape index (κ3) is 2.64. The van der Waals surface area contributed by atoms with Gasteiger partial charge in [-0.15, -0.1) is 0 Å². The van der Waals surface area contributed by atoms with Gasteiger partial charge in [0.2, 0.25) is 0 Å². The van der Waals surface area contributed by atoms with Crippen molar-refractivity contribution in [3.05, 3.63) is 35.5 Å². The molecule has 0 bridgehead atoms. The van der Waals surface area contributed by atoms with Crippen LogP contribution in [0.15, 0.2) is 18.7 Å². The number of carboxylic acids is 1. The highest BCUT2D eigenvalue weighted by molar-refractivity contribution is 5.92. The molecule has 0 fully saturated rings. The van der Waals surface area contributed by atoms with Gasteiger partial charge in [0.05, 0.1) is 11.3 Å². The molecule has 2 heterocycles. The quantitative estimate of drug-likeness (QED) is 0.856. The molecule has 1 aliphatic heterocycles. The maximum atomic E-state index is 11.9. The molecule has 0 unspecified atom stereocenters. The Balaban J connectivity index is 2.36. The first-order valence-electron chi connectivity index (χ1n) is 6.33. The number of nitrogens with zero attached hydrogens (tertiary/aromatic N) is 2. The number of pyridine rings is 1. The summed E-state index contributed by atoms with van der Waals surface area (Å²) in [5.74, 6) is -0.517. The van der Waals surface area contributed by atoms with Gasteiger partial charge in [0.25, 0.3) is 0 Å². The molecular formula is C14H16N2O4. The second kappa shape index (κ2) is 5.73. The third-order valence-electron chi connectivity index (χ3n) is 3.13. The van der Waals surface area contributed by atoms with E-state index in [4.69, 9.17) is 9.84 Å². The normalized spacial score (nSPS) is 13.6. The lowest BCUT2D eigenvalue weighted by molar-refractivity contribution is 0.0695. The molecule has 0 saturated carbocycles. The topological polar surface area (TPSA) is 79.7 Å². The minimum absolute atomic E-state index is 0.136. The fraction of sp³-hybridized carbons (Fsp3) is 0.357. The van der Waals surface area contributed by atoms with Gasteiger partial charge in [-0.2, -0.15) is 0 Å². The first kappa shape index (κ1) is 14.0. The Morgan fingerprint density at radius 1 is 1.60 bits per heavy atom. The molecule has 0 aromatic carbocycles. The molecule has 6 nitrogen and oxygen atoms in total. The van der Waals surface area contributed by atoms with Crippen molar-refractivity contribution in [1.82, 2.24) is 4.98 Å². The number of aromatic nitrogens is 1. The average molecular weight is 276 g/mol. The number of ether oxygens (including phenoxy) is 1. The van der Waals surface area contributed by atoms with Gasteiger partial charge < -0.3 is 9.84 Å². The number of carbonyl (C=O) groups is 2. The van der Waals surface area contributed by atoms with Crippen LogP contribution in [0.5, 0.6) is 0 Å². The van der Waals surface area contributed by atoms with Crippen molar-refractivity contribution in [2.24, 2.45) is 0 Å². The standard InChI is InChI=1S/C14H16N2O4/c1-3-7-20-14(19)16-6-4-5-10-8-11(13(17)18)9(2)15-12(10)16/h3,8H,1,4-7H2,2H3,(H,17,18). The van der Waals surface area contributed by atoms with E-state index in [9.17, 15) is 9.59 Å². The minimum atomic E-state index is -1.01. The summed E-state index contributed by atoms with van der Waals surface area (Å²) in [6.07, 6.45) is 2.46. The van der Waals surface area contributed by atoms with Crippen LogP contribution in [0.3, 0.4) is 0 Å². The Labute approximate surface area is 116 Å². The number of rotatable bonds is 3. The molecule has 0 atom stereocenters. The monoisotopic (exact) mass is 276 g/mol. The van der Waals surface area contributed by atoms with Gasteiger partial charge in [-0.3, -0.25) is 4.90 Å². The van der Waals surface area contributed by atoms with Gasteiger partial charge in [0.15, 0.2) is 0 Å². The van der Waals surface area contributed by atoms with Crippen LogP contribution in [-0.2, 0) is 11.2 Å². The van der Waals surface area contributed by atoms with E-state index < -0.39 is 12.1 Å². The van der Waals surface area contributed by atoms with E-state index in [2.05, 4.69) is 11.6 Å². The van der Waals surface area contributed by atoms with Gasteiger partial charge >= 0.3 is 12.1 Å². The SMILES string of the molecule is C=CCOC(=O)N1CCCc2cc(C(=O)O)c(C)nc21. The Kier molecular flexibility index (Phi) is 4.02. The van der Waals surface area contributed by atoms with Crippen molar-refractivity contribution < 1.29 is 19.4 Å². The minimum Gasteiger partial charge on any atom is -0.478 e. The number of amides is 1. The van der Waals surface area contributed by atoms with Gasteiger partial charge in [0.1, 0.15) is 12.4 Å². The maximum absolute atomic E-state index is 11.9. The van der Waals surface area contributed by atoms with Crippen LogP contribution in [0, 0.1) is 6.92 Å². The van der Waals surface area contributed by atoms with Crippen molar-refractivity contribution in [2.75, 3.05) is 18.1 Å². The van der Waals surface area contributed by atoms with E-state index >= 15 is 0 Å². The van der Waals surface area contributed by atoms with Crippen LogP contribution in [-0.4, -0.2) is 35.3 Å². The van der Waals surface area contributed by atoms with Crippen LogP contribution in [0.1, 0.15) is 28.0 Å². The summed E-state index contributed by atoms with van der Waals surface area (Å²) in [4.78, 5) is 28.8. The molecule has 2 rings (SSSR count). The van der Waals surface area contributed by atoms with Gasteiger partial charge in [-0.25, -0.2) is 14.6 Å². The van der Waals surface area contributed by atoms with Crippen LogP contribution in [0.4, 0.5) is 10.6 Å². The predicted octanol–water partition coefficient (Wildman–Crippen LogP) is 2.16. The van der Waals surface area contributed by atoms with Crippen LogP contribution < -0.4 is 4.90 Å². The fourth-order valence-electron chi connectivity index (χ4n) is 2.19. The summed E-state index contributed by atoms with van der Waals surface area (Å²) in [5.41, 5.74) is 1.32. The predicted molar refractivity (Wildman–Crippen MR) is 73.1 cm³/mol. The second-order valence-electron chi connectivity index (χ2n) is 4.53. The summed E-state index contributed by atoms with van der Waals surface area (Å²) < 4.78 is 5.02. The van der Waals surface area contributed by atoms with Crippen LogP contribution in [0.25, 0.3) is 0 Å². The van der Waals surface area contributed by atoms with E-state index in [0.717, 1.165) is 12.0 Å². The number of aromatic carboxylic acids is 1.